The lowest BCUT2D eigenvalue weighted by atomic mass is 10.2. The van der Waals surface area contributed by atoms with E-state index in [9.17, 15) is 4.79 Å². The van der Waals surface area contributed by atoms with Gasteiger partial charge in [0.1, 0.15) is 0 Å². The fourth-order valence-corrected chi connectivity index (χ4v) is 1.51. The average Bonchev–Trinajstić information content (AvgIpc) is 2.44. The highest BCUT2D eigenvalue weighted by atomic mass is 16.2. The number of hydrogen-bond donors (Lipinski definition) is 2. The van der Waals surface area contributed by atoms with Crippen molar-refractivity contribution in [2.45, 2.75) is 25.4 Å². The van der Waals surface area contributed by atoms with Crippen LogP contribution < -0.4 is 11.1 Å². The van der Waals surface area contributed by atoms with Gasteiger partial charge in [0.05, 0.1) is 0 Å². The number of carbonyl (C=O) groups excluding carboxylic acids is 1. The van der Waals surface area contributed by atoms with E-state index >= 15 is 0 Å². The summed E-state index contributed by atoms with van der Waals surface area (Å²) >= 11 is 0. The second kappa shape index (κ2) is 4.28. The number of amides is 2. The topological polar surface area (TPSA) is 58.4 Å². The molecule has 0 aromatic heterocycles. The standard InChI is InChI=1S/C9H17N3O/c1-3-5-11-9(13)12-6-4-8(10)7(12)2/h3,7-8H,1,4-6,10H2,2H3,(H,11,13). The van der Waals surface area contributed by atoms with Crippen LogP contribution in [-0.4, -0.2) is 36.1 Å². The van der Waals surface area contributed by atoms with Crippen LogP contribution in [0.25, 0.3) is 0 Å². The molecule has 74 valence electrons. The first-order valence-corrected chi connectivity index (χ1v) is 4.57. The molecule has 1 aliphatic heterocycles. The molecule has 1 rings (SSSR count). The van der Waals surface area contributed by atoms with Crippen molar-refractivity contribution in [2.24, 2.45) is 5.73 Å². The highest BCUT2D eigenvalue weighted by Gasteiger charge is 2.30. The molecule has 0 aromatic carbocycles. The van der Waals surface area contributed by atoms with Crippen LogP contribution in [0, 0.1) is 0 Å². The van der Waals surface area contributed by atoms with E-state index < -0.39 is 0 Å². The van der Waals surface area contributed by atoms with E-state index in [-0.39, 0.29) is 18.1 Å². The summed E-state index contributed by atoms with van der Waals surface area (Å²) in [6.07, 6.45) is 2.56. The third-order valence-corrected chi connectivity index (χ3v) is 2.47. The molecule has 0 aliphatic carbocycles. The third kappa shape index (κ3) is 2.21. The maximum absolute atomic E-state index is 11.5. The van der Waals surface area contributed by atoms with Crippen molar-refractivity contribution in [3.05, 3.63) is 12.7 Å². The number of likely N-dealkylation sites (tertiary alicyclic amines) is 1. The molecular formula is C9H17N3O. The van der Waals surface area contributed by atoms with Crippen molar-refractivity contribution in [3.63, 3.8) is 0 Å². The third-order valence-electron chi connectivity index (χ3n) is 2.47. The van der Waals surface area contributed by atoms with Crippen LogP contribution in [0.5, 0.6) is 0 Å². The van der Waals surface area contributed by atoms with Crippen LogP contribution in [0.3, 0.4) is 0 Å². The minimum Gasteiger partial charge on any atom is -0.335 e. The number of hydrogen-bond acceptors (Lipinski definition) is 2. The Balaban J connectivity index is 2.43. The van der Waals surface area contributed by atoms with Crippen molar-refractivity contribution >= 4 is 6.03 Å². The smallest absolute Gasteiger partial charge is 0.317 e. The largest absolute Gasteiger partial charge is 0.335 e. The Morgan fingerprint density at radius 3 is 3.00 bits per heavy atom. The van der Waals surface area contributed by atoms with E-state index in [1.165, 1.54) is 0 Å². The highest BCUT2D eigenvalue weighted by molar-refractivity contribution is 5.75. The van der Waals surface area contributed by atoms with Crippen LogP contribution in [-0.2, 0) is 0 Å². The summed E-state index contributed by atoms with van der Waals surface area (Å²) < 4.78 is 0. The molecule has 0 spiro atoms. The quantitative estimate of drug-likeness (QED) is 0.605. The Bertz CT molecular complexity index is 205. The van der Waals surface area contributed by atoms with E-state index in [1.54, 1.807) is 11.0 Å². The monoisotopic (exact) mass is 183 g/mol. The van der Waals surface area contributed by atoms with E-state index in [2.05, 4.69) is 11.9 Å². The van der Waals surface area contributed by atoms with Crippen molar-refractivity contribution in [1.29, 1.82) is 0 Å². The molecule has 2 amide bonds. The molecule has 0 bridgehead atoms. The molecule has 2 atom stereocenters. The van der Waals surface area contributed by atoms with Gasteiger partial charge in [-0.1, -0.05) is 6.08 Å². The molecule has 1 saturated heterocycles. The van der Waals surface area contributed by atoms with Crippen LogP contribution in [0.1, 0.15) is 13.3 Å². The van der Waals surface area contributed by atoms with Crippen LogP contribution in [0.4, 0.5) is 4.79 Å². The lowest BCUT2D eigenvalue weighted by molar-refractivity contribution is 0.195. The minimum absolute atomic E-state index is 0.0413. The molecule has 13 heavy (non-hydrogen) atoms. The van der Waals surface area contributed by atoms with Gasteiger partial charge in [-0.3, -0.25) is 0 Å². The molecule has 4 nitrogen and oxygen atoms in total. The van der Waals surface area contributed by atoms with Gasteiger partial charge in [-0.25, -0.2) is 4.79 Å². The summed E-state index contributed by atoms with van der Waals surface area (Å²) in [4.78, 5) is 13.2. The van der Waals surface area contributed by atoms with Crippen molar-refractivity contribution in [3.8, 4) is 0 Å². The Labute approximate surface area is 78.8 Å². The zero-order valence-corrected chi connectivity index (χ0v) is 7.99. The van der Waals surface area contributed by atoms with E-state index in [0.29, 0.717) is 6.54 Å². The van der Waals surface area contributed by atoms with Gasteiger partial charge in [0.15, 0.2) is 0 Å². The van der Waals surface area contributed by atoms with E-state index in [0.717, 1.165) is 13.0 Å². The predicted molar refractivity (Wildman–Crippen MR) is 52.4 cm³/mol. The number of urea groups is 1. The summed E-state index contributed by atoms with van der Waals surface area (Å²) in [6.45, 7) is 6.78. The van der Waals surface area contributed by atoms with Gasteiger partial charge in [0, 0.05) is 25.2 Å². The molecule has 3 N–H and O–H groups in total. The van der Waals surface area contributed by atoms with Gasteiger partial charge >= 0.3 is 6.03 Å². The van der Waals surface area contributed by atoms with Crippen molar-refractivity contribution in [2.75, 3.05) is 13.1 Å². The van der Waals surface area contributed by atoms with Gasteiger partial charge in [-0.2, -0.15) is 0 Å². The molecular weight excluding hydrogens is 166 g/mol. The first-order chi connectivity index (χ1) is 6.16. The number of rotatable bonds is 2. The normalized spacial score (nSPS) is 27.4. The predicted octanol–water partition coefficient (Wildman–Crippen LogP) is 0.304. The average molecular weight is 183 g/mol. The van der Waals surface area contributed by atoms with Gasteiger partial charge in [0.2, 0.25) is 0 Å². The first kappa shape index (κ1) is 10.1. The lowest BCUT2D eigenvalue weighted by Gasteiger charge is -2.23. The van der Waals surface area contributed by atoms with Crippen LogP contribution >= 0.6 is 0 Å². The SMILES string of the molecule is C=CCNC(=O)N1CCC(N)C1C. The van der Waals surface area contributed by atoms with Crippen LogP contribution in [0.2, 0.25) is 0 Å². The molecule has 1 fully saturated rings. The second-order valence-corrected chi connectivity index (χ2v) is 3.36. The molecule has 0 saturated carbocycles. The molecule has 4 heteroatoms. The number of nitrogens with zero attached hydrogens (tertiary/aromatic N) is 1. The summed E-state index contributed by atoms with van der Waals surface area (Å²) in [5.41, 5.74) is 5.79. The van der Waals surface area contributed by atoms with Gasteiger partial charge in [-0.15, -0.1) is 6.58 Å². The number of nitrogens with one attached hydrogen (secondary N) is 1. The maximum Gasteiger partial charge on any atom is 0.317 e. The van der Waals surface area contributed by atoms with Gasteiger partial charge in [-0.05, 0) is 13.3 Å². The Morgan fingerprint density at radius 2 is 2.54 bits per heavy atom. The molecule has 0 aromatic rings. The van der Waals surface area contributed by atoms with Gasteiger partial charge < -0.3 is 16.0 Å². The molecule has 0 radical (unpaired) electrons. The maximum atomic E-state index is 11.5. The summed E-state index contributed by atoms with van der Waals surface area (Å²) in [5.74, 6) is 0. The zero-order valence-electron chi connectivity index (χ0n) is 7.99. The van der Waals surface area contributed by atoms with Crippen molar-refractivity contribution in [1.82, 2.24) is 10.2 Å². The summed E-state index contributed by atoms with van der Waals surface area (Å²) in [6, 6.07) is 0.222. The summed E-state index contributed by atoms with van der Waals surface area (Å²) in [5, 5.41) is 2.74. The van der Waals surface area contributed by atoms with Crippen molar-refractivity contribution < 1.29 is 4.79 Å². The number of carbonyl (C=O) groups is 1. The summed E-state index contributed by atoms with van der Waals surface area (Å²) in [7, 11) is 0. The fourth-order valence-electron chi connectivity index (χ4n) is 1.51. The van der Waals surface area contributed by atoms with E-state index in [1.807, 2.05) is 6.92 Å². The Morgan fingerprint density at radius 1 is 1.85 bits per heavy atom. The minimum atomic E-state index is -0.0413. The first-order valence-electron chi connectivity index (χ1n) is 4.57. The second-order valence-electron chi connectivity index (χ2n) is 3.36. The lowest BCUT2D eigenvalue weighted by Crippen LogP contribution is -2.45. The zero-order chi connectivity index (χ0) is 9.84. The van der Waals surface area contributed by atoms with Gasteiger partial charge in [0.25, 0.3) is 0 Å². The molecule has 1 heterocycles. The van der Waals surface area contributed by atoms with Crippen LogP contribution in [0.15, 0.2) is 12.7 Å². The Hall–Kier alpha value is -1.03. The highest BCUT2D eigenvalue weighted by Crippen LogP contribution is 2.15. The molecule has 1 aliphatic rings. The molecule has 2 unspecified atom stereocenters. The van der Waals surface area contributed by atoms with E-state index in [4.69, 9.17) is 5.73 Å². The Kier molecular flexibility index (Phi) is 3.31. The fraction of sp³-hybridized carbons (Fsp3) is 0.667. The number of nitrogens with two attached hydrogens (primary N) is 1.